The van der Waals surface area contributed by atoms with Crippen molar-refractivity contribution < 1.29 is 9.90 Å². The monoisotopic (exact) mass is 186 g/mol. The Morgan fingerprint density at radius 2 is 2.38 bits per heavy atom. The number of rotatable bonds is 4. The Hall–Kier alpha value is -0.610. The zero-order valence-electron chi connectivity index (χ0n) is 8.36. The van der Waals surface area contributed by atoms with Gasteiger partial charge in [-0.3, -0.25) is 9.69 Å². The van der Waals surface area contributed by atoms with Gasteiger partial charge >= 0.3 is 5.97 Å². The predicted octanol–water partition coefficient (Wildman–Crippen LogP) is 0.0970. The van der Waals surface area contributed by atoms with Crippen LogP contribution in [0.25, 0.3) is 0 Å². The molecule has 1 saturated heterocycles. The zero-order chi connectivity index (χ0) is 9.84. The lowest BCUT2D eigenvalue weighted by Gasteiger charge is -2.24. The third kappa shape index (κ3) is 3.32. The van der Waals surface area contributed by atoms with Gasteiger partial charge in [-0.1, -0.05) is 0 Å². The van der Waals surface area contributed by atoms with Crippen LogP contribution in [0, 0.1) is 0 Å². The van der Waals surface area contributed by atoms with Gasteiger partial charge in [0.05, 0.1) is 6.54 Å². The van der Waals surface area contributed by atoms with Crippen LogP contribution in [0.15, 0.2) is 0 Å². The Balaban J connectivity index is 2.26. The van der Waals surface area contributed by atoms with Crippen molar-refractivity contribution in [3.8, 4) is 0 Å². The zero-order valence-corrected chi connectivity index (χ0v) is 8.36. The Labute approximate surface area is 79.1 Å². The summed E-state index contributed by atoms with van der Waals surface area (Å²) in [5, 5.41) is 8.57. The Morgan fingerprint density at radius 1 is 1.69 bits per heavy atom. The molecule has 0 aliphatic carbocycles. The van der Waals surface area contributed by atoms with Crippen molar-refractivity contribution in [3.05, 3.63) is 0 Å². The number of carbonyl (C=O) groups is 1. The van der Waals surface area contributed by atoms with Crippen LogP contribution in [0.1, 0.15) is 12.8 Å². The molecule has 0 spiro atoms. The van der Waals surface area contributed by atoms with E-state index in [0.717, 1.165) is 13.1 Å². The maximum absolute atomic E-state index is 10.4. The largest absolute Gasteiger partial charge is 0.480 e. The Bertz CT molecular complexity index is 184. The fourth-order valence-corrected chi connectivity index (χ4v) is 1.87. The smallest absolute Gasteiger partial charge is 0.317 e. The highest BCUT2D eigenvalue weighted by Crippen LogP contribution is 2.14. The number of nitrogens with zero attached hydrogens (tertiary/aromatic N) is 2. The molecule has 0 aromatic carbocycles. The fourth-order valence-electron chi connectivity index (χ4n) is 1.87. The SMILES string of the molecule is CN(CC(=O)O)C[C@@H]1CCCN1C. The lowest BCUT2D eigenvalue weighted by Crippen LogP contribution is -2.38. The van der Waals surface area contributed by atoms with Crippen LogP contribution >= 0.6 is 0 Å². The highest BCUT2D eigenvalue weighted by Gasteiger charge is 2.22. The molecule has 0 saturated carbocycles. The molecule has 0 aromatic rings. The molecule has 0 bridgehead atoms. The lowest BCUT2D eigenvalue weighted by atomic mass is 10.2. The first-order chi connectivity index (χ1) is 6.09. The minimum absolute atomic E-state index is 0.143. The first kappa shape index (κ1) is 10.5. The number of hydrogen-bond acceptors (Lipinski definition) is 3. The van der Waals surface area contributed by atoms with E-state index < -0.39 is 5.97 Å². The number of carboxylic acid groups (broad SMARTS) is 1. The van der Waals surface area contributed by atoms with Crippen LogP contribution in [-0.2, 0) is 4.79 Å². The molecule has 4 heteroatoms. The maximum atomic E-state index is 10.4. The van der Waals surface area contributed by atoms with Gasteiger partial charge in [-0.15, -0.1) is 0 Å². The van der Waals surface area contributed by atoms with Gasteiger partial charge in [0.15, 0.2) is 0 Å². The second-order valence-electron chi connectivity index (χ2n) is 3.87. The second-order valence-corrected chi connectivity index (χ2v) is 3.87. The number of aliphatic carboxylic acids is 1. The normalized spacial score (nSPS) is 24.1. The summed E-state index contributed by atoms with van der Waals surface area (Å²) in [6, 6.07) is 0.546. The number of hydrogen-bond donors (Lipinski definition) is 1. The van der Waals surface area contributed by atoms with Crippen LogP contribution in [0.2, 0.25) is 0 Å². The molecular formula is C9H18N2O2. The molecule has 1 fully saturated rings. The molecule has 1 atom stereocenters. The third-order valence-corrected chi connectivity index (χ3v) is 2.60. The van der Waals surface area contributed by atoms with Crippen molar-refractivity contribution in [2.24, 2.45) is 0 Å². The maximum Gasteiger partial charge on any atom is 0.317 e. The molecule has 0 unspecified atom stereocenters. The highest BCUT2D eigenvalue weighted by atomic mass is 16.4. The lowest BCUT2D eigenvalue weighted by molar-refractivity contribution is -0.138. The summed E-state index contributed by atoms with van der Waals surface area (Å²) in [5.74, 6) is -0.747. The van der Waals surface area contributed by atoms with Gasteiger partial charge in [-0.25, -0.2) is 0 Å². The van der Waals surface area contributed by atoms with Crippen molar-refractivity contribution >= 4 is 5.97 Å². The molecule has 1 heterocycles. The van der Waals surface area contributed by atoms with Gasteiger partial charge < -0.3 is 10.0 Å². The van der Waals surface area contributed by atoms with E-state index in [-0.39, 0.29) is 6.54 Å². The summed E-state index contributed by atoms with van der Waals surface area (Å²) in [5.41, 5.74) is 0. The molecular weight excluding hydrogens is 168 g/mol. The van der Waals surface area contributed by atoms with E-state index in [1.807, 2.05) is 11.9 Å². The Kier molecular flexibility index (Phi) is 3.69. The molecule has 4 nitrogen and oxygen atoms in total. The van der Waals surface area contributed by atoms with E-state index in [9.17, 15) is 4.79 Å². The molecule has 1 N–H and O–H groups in total. The van der Waals surface area contributed by atoms with Gasteiger partial charge in [0.2, 0.25) is 0 Å². The Morgan fingerprint density at radius 3 is 2.85 bits per heavy atom. The van der Waals surface area contributed by atoms with Crippen LogP contribution in [0.3, 0.4) is 0 Å². The van der Waals surface area contributed by atoms with E-state index in [1.165, 1.54) is 12.8 Å². The van der Waals surface area contributed by atoms with Crippen LogP contribution in [0.5, 0.6) is 0 Å². The average molecular weight is 186 g/mol. The minimum atomic E-state index is -0.747. The molecule has 1 aliphatic heterocycles. The van der Waals surface area contributed by atoms with Crippen molar-refractivity contribution in [2.75, 3.05) is 33.7 Å². The first-order valence-electron chi connectivity index (χ1n) is 4.70. The molecule has 76 valence electrons. The van der Waals surface area contributed by atoms with Gasteiger partial charge in [0.1, 0.15) is 0 Å². The predicted molar refractivity (Wildman–Crippen MR) is 50.8 cm³/mol. The average Bonchev–Trinajstić information content (AvgIpc) is 2.34. The highest BCUT2D eigenvalue weighted by molar-refractivity contribution is 5.69. The summed E-state index contributed by atoms with van der Waals surface area (Å²) in [6.07, 6.45) is 2.43. The van der Waals surface area contributed by atoms with E-state index in [4.69, 9.17) is 5.11 Å². The fraction of sp³-hybridized carbons (Fsp3) is 0.889. The van der Waals surface area contributed by atoms with E-state index in [2.05, 4.69) is 11.9 Å². The number of likely N-dealkylation sites (tertiary alicyclic amines) is 1. The summed E-state index contributed by atoms with van der Waals surface area (Å²) in [7, 11) is 3.96. The summed E-state index contributed by atoms with van der Waals surface area (Å²) in [4.78, 5) is 14.6. The summed E-state index contributed by atoms with van der Waals surface area (Å²) < 4.78 is 0. The van der Waals surface area contributed by atoms with Gasteiger partial charge in [0.25, 0.3) is 0 Å². The van der Waals surface area contributed by atoms with Gasteiger partial charge in [0, 0.05) is 12.6 Å². The van der Waals surface area contributed by atoms with Crippen LogP contribution in [-0.4, -0.2) is 60.6 Å². The summed E-state index contributed by atoms with van der Waals surface area (Å²) in [6.45, 7) is 2.15. The van der Waals surface area contributed by atoms with Crippen LogP contribution < -0.4 is 0 Å². The molecule has 1 rings (SSSR count). The van der Waals surface area contributed by atoms with Crippen molar-refractivity contribution in [1.82, 2.24) is 9.80 Å². The first-order valence-corrected chi connectivity index (χ1v) is 4.70. The van der Waals surface area contributed by atoms with Crippen LogP contribution in [0.4, 0.5) is 0 Å². The van der Waals surface area contributed by atoms with Gasteiger partial charge in [-0.2, -0.15) is 0 Å². The van der Waals surface area contributed by atoms with E-state index >= 15 is 0 Å². The van der Waals surface area contributed by atoms with Crippen molar-refractivity contribution in [1.29, 1.82) is 0 Å². The molecule has 1 aliphatic rings. The topological polar surface area (TPSA) is 43.8 Å². The minimum Gasteiger partial charge on any atom is -0.480 e. The van der Waals surface area contributed by atoms with Crippen molar-refractivity contribution in [2.45, 2.75) is 18.9 Å². The summed E-state index contributed by atoms with van der Waals surface area (Å²) >= 11 is 0. The number of likely N-dealkylation sites (N-methyl/N-ethyl adjacent to an activating group) is 2. The molecule has 13 heavy (non-hydrogen) atoms. The number of carboxylic acids is 1. The third-order valence-electron chi connectivity index (χ3n) is 2.60. The van der Waals surface area contributed by atoms with E-state index in [1.54, 1.807) is 0 Å². The second kappa shape index (κ2) is 4.58. The van der Waals surface area contributed by atoms with Gasteiger partial charge in [-0.05, 0) is 33.5 Å². The molecule has 0 amide bonds. The molecule has 0 aromatic heterocycles. The molecule has 0 radical (unpaired) electrons. The standard InChI is InChI=1S/C9H18N2O2/c1-10(7-9(12)13)6-8-4-3-5-11(8)2/h8H,3-7H2,1-2H3,(H,12,13)/t8-/m0/s1. The van der Waals surface area contributed by atoms with Crippen molar-refractivity contribution in [3.63, 3.8) is 0 Å². The van der Waals surface area contributed by atoms with E-state index in [0.29, 0.717) is 6.04 Å². The quantitative estimate of drug-likeness (QED) is 0.676.